The number of carbonyl (C=O) groups excluding carboxylic acids is 1. The number of nitrogens with one attached hydrogen (secondary N) is 1. The number of hydrogen-bond acceptors (Lipinski definition) is 3. The summed E-state index contributed by atoms with van der Waals surface area (Å²) in [7, 11) is 0. The van der Waals surface area contributed by atoms with Crippen LogP contribution < -0.4 is 11.1 Å². The SMILES string of the molecule is CC(C)(C(=O)NCCSC(F)(F)F)c1ccc(N)cc1. The van der Waals surface area contributed by atoms with Crippen LogP contribution in [0.3, 0.4) is 0 Å². The molecule has 0 unspecified atom stereocenters. The van der Waals surface area contributed by atoms with Gasteiger partial charge in [-0.2, -0.15) is 13.2 Å². The Morgan fingerprint density at radius 2 is 1.80 bits per heavy atom. The largest absolute Gasteiger partial charge is 0.441 e. The summed E-state index contributed by atoms with van der Waals surface area (Å²) in [5, 5.41) is 2.52. The smallest absolute Gasteiger partial charge is 0.399 e. The number of nitrogens with two attached hydrogens (primary N) is 1. The fourth-order valence-electron chi connectivity index (χ4n) is 1.58. The van der Waals surface area contributed by atoms with E-state index >= 15 is 0 Å². The first-order valence-corrected chi connectivity index (χ1v) is 6.96. The van der Waals surface area contributed by atoms with Crippen LogP contribution in [-0.4, -0.2) is 23.7 Å². The van der Waals surface area contributed by atoms with Gasteiger partial charge in [-0.3, -0.25) is 4.79 Å². The van der Waals surface area contributed by atoms with Crippen molar-refractivity contribution in [2.24, 2.45) is 0 Å². The van der Waals surface area contributed by atoms with E-state index in [9.17, 15) is 18.0 Å². The fraction of sp³-hybridized carbons (Fsp3) is 0.462. The number of benzene rings is 1. The molecule has 0 bridgehead atoms. The number of carbonyl (C=O) groups is 1. The molecule has 0 saturated carbocycles. The molecule has 1 aromatic carbocycles. The van der Waals surface area contributed by atoms with Crippen LogP contribution in [-0.2, 0) is 10.2 Å². The monoisotopic (exact) mass is 306 g/mol. The zero-order valence-electron chi connectivity index (χ0n) is 11.3. The van der Waals surface area contributed by atoms with Crippen molar-refractivity contribution in [3.63, 3.8) is 0 Å². The van der Waals surface area contributed by atoms with E-state index in [-0.39, 0.29) is 30.0 Å². The Labute approximate surface area is 120 Å². The van der Waals surface area contributed by atoms with Crippen LogP contribution in [0.1, 0.15) is 19.4 Å². The Kier molecular flexibility index (Phi) is 5.33. The minimum absolute atomic E-state index is 0.0264. The molecule has 0 spiro atoms. The van der Waals surface area contributed by atoms with Gasteiger partial charge < -0.3 is 11.1 Å². The van der Waals surface area contributed by atoms with Crippen LogP contribution >= 0.6 is 11.8 Å². The van der Waals surface area contributed by atoms with Gasteiger partial charge in [0, 0.05) is 18.0 Å². The number of nitrogen functional groups attached to an aromatic ring is 1. The van der Waals surface area contributed by atoms with Gasteiger partial charge in [-0.25, -0.2) is 0 Å². The number of rotatable bonds is 5. The van der Waals surface area contributed by atoms with Crippen molar-refractivity contribution >= 4 is 23.4 Å². The van der Waals surface area contributed by atoms with Crippen molar-refractivity contribution < 1.29 is 18.0 Å². The average molecular weight is 306 g/mol. The molecular weight excluding hydrogens is 289 g/mol. The third-order valence-electron chi connectivity index (χ3n) is 2.85. The molecule has 1 aromatic rings. The van der Waals surface area contributed by atoms with Crippen LogP contribution in [0.25, 0.3) is 0 Å². The van der Waals surface area contributed by atoms with Crippen molar-refractivity contribution in [2.75, 3.05) is 18.0 Å². The molecule has 0 saturated heterocycles. The van der Waals surface area contributed by atoms with Crippen molar-refractivity contribution in [2.45, 2.75) is 24.8 Å². The summed E-state index contributed by atoms with van der Waals surface area (Å²) in [5.74, 6) is -0.516. The molecule has 0 aliphatic carbocycles. The summed E-state index contributed by atoms with van der Waals surface area (Å²) < 4.78 is 35.9. The van der Waals surface area contributed by atoms with Crippen molar-refractivity contribution in [3.05, 3.63) is 29.8 Å². The molecule has 0 fully saturated rings. The van der Waals surface area contributed by atoms with E-state index in [1.807, 2.05) is 0 Å². The molecule has 1 amide bonds. The first-order valence-electron chi connectivity index (χ1n) is 5.98. The standard InChI is InChI=1S/C13H17F3N2OS/c1-12(2,9-3-5-10(17)6-4-9)11(19)18-7-8-20-13(14,15)16/h3-6H,7-8,17H2,1-2H3,(H,18,19). The van der Waals surface area contributed by atoms with Crippen molar-refractivity contribution in [3.8, 4) is 0 Å². The number of anilines is 1. The summed E-state index contributed by atoms with van der Waals surface area (Å²) in [4.78, 5) is 12.0. The molecule has 7 heteroatoms. The van der Waals surface area contributed by atoms with Crippen LogP contribution in [0.5, 0.6) is 0 Å². The Morgan fingerprint density at radius 3 is 2.30 bits per heavy atom. The lowest BCUT2D eigenvalue weighted by atomic mass is 9.83. The highest BCUT2D eigenvalue weighted by atomic mass is 32.2. The normalized spacial score (nSPS) is 12.2. The minimum Gasteiger partial charge on any atom is -0.399 e. The van der Waals surface area contributed by atoms with E-state index in [4.69, 9.17) is 5.73 Å². The molecular formula is C13H17F3N2OS. The number of hydrogen-bond donors (Lipinski definition) is 2. The van der Waals surface area contributed by atoms with E-state index in [1.165, 1.54) is 0 Å². The molecule has 0 aliphatic heterocycles. The average Bonchev–Trinajstić information content (AvgIpc) is 2.33. The third kappa shape index (κ3) is 4.96. The highest BCUT2D eigenvalue weighted by Crippen LogP contribution is 2.29. The van der Waals surface area contributed by atoms with Crippen LogP contribution in [0, 0.1) is 0 Å². The van der Waals surface area contributed by atoms with Crippen molar-refractivity contribution in [1.29, 1.82) is 0 Å². The van der Waals surface area contributed by atoms with Gasteiger partial charge in [0.05, 0.1) is 5.41 Å². The third-order valence-corrected chi connectivity index (χ3v) is 3.59. The van der Waals surface area contributed by atoms with Gasteiger partial charge in [-0.05, 0) is 43.3 Å². The molecule has 112 valence electrons. The summed E-state index contributed by atoms with van der Waals surface area (Å²) in [5.41, 5.74) is 1.83. The fourth-order valence-corrected chi connectivity index (χ4v) is 2.02. The molecule has 3 N–H and O–H groups in total. The molecule has 20 heavy (non-hydrogen) atoms. The molecule has 0 atom stereocenters. The number of alkyl halides is 3. The number of thioether (sulfide) groups is 1. The minimum atomic E-state index is -4.27. The van der Waals surface area contributed by atoms with E-state index in [2.05, 4.69) is 5.32 Å². The van der Waals surface area contributed by atoms with E-state index in [0.29, 0.717) is 5.69 Å². The molecule has 3 nitrogen and oxygen atoms in total. The first-order chi connectivity index (χ1) is 9.13. The van der Waals surface area contributed by atoms with E-state index < -0.39 is 10.9 Å². The van der Waals surface area contributed by atoms with Gasteiger partial charge in [-0.1, -0.05) is 12.1 Å². The highest BCUT2D eigenvalue weighted by molar-refractivity contribution is 8.00. The van der Waals surface area contributed by atoms with Gasteiger partial charge >= 0.3 is 5.51 Å². The Morgan fingerprint density at radius 1 is 1.25 bits per heavy atom. The molecule has 0 aliphatic rings. The maximum atomic E-state index is 12.0. The lowest BCUT2D eigenvalue weighted by Crippen LogP contribution is -2.41. The molecule has 0 heterocycles. The predicted molar refractivity (Wildman–Crippen MR) is 75.4 cm³/mol. The summed E-state index contributed by atoms with van der Waals surface area (Å²) >= 11 is -0.147. The van der Waals surface area contributed by atoms with Gasteiger partial charge in [0.2, 0.25) is 5.91 Å². The Hall–Kier alpha value is -1.37. The van der Waals surface area contributed by atoms with Crippen LogP contribution in [0.4, 0.5) is 18.9 Å². The Bertz CT molecular complexity index is 458. The maximum Gasteiger partial charge on any atom is 0.441 e. The second kappa shape index (κ2) is 6.39. The molecule has 1 rings (SSSR count). The highest BCUT2D eigenvalue weighted by Gasteiger charge is 2.30. The van der Waals surface area contributed by atoms with Gasteiger partial charge in [0.1, 0.15) is 0 Å². The van der Waals surface area contributed by atoms with E-state index in [0.717, 1.165) is 5.56 Å². The summed E-state index contributed by atoms with van der Waals surface area (Å²) in [6.07, 6.45) is 0. The van der Waals surface area contributed by atoms with E-state index in [1.54, 1.807) is 38.1 Å². The molecule has 0 radical (unpaired) electrons. The van der Waals surface area contributed by atoms with Crippen LogP contribution in [0.2, 0.25) is 0 Å². The van der Waals surface area contributed by atoms with Crippen LogP contribution in [0.15, 0.2) is 24.3 Å². The first kappa shape index (κ1) is 16.7. The quantitative estimate of drug-likeness (QED) is 0.649. The zero-order chi connectivity index (χ0) is 15.4. The van der Waals surface area contributed by atoms with Gasteiger partial charge in [-0.15, -0.1) is 0 Å². The molecule has 0 aromatic heterocycles. The lowest BCUT2D eigenvalue weighted by Gasteiger charge is -2.24. The second-order valence-corrected chi connectivity index (χ2v) is 5.96. The van der Waals surface area contributed by atoms with Crippen molar-refractivity contribution in [1.82, 2.24) is 5.32 Å². The van der Waals surface area contributed by atoms with Gasteiger partial charge in [0.25, 0.3) is 0 Å². The second-order valence-electron chi connectivity index (χ2n) is 4.80. The number of halogens is 3. The van der Waals surface area contributed by atoms with Gasteiger partial charge in [0.15, 0.2) is 0 Å². The lowest BCUT2D eigenvalue weighted by molar-refractivity contribution is -0.125. The topological polar surface area (TPSA) is 55.1 Å². The Balaban J connectivity index is 2.55. The summed E-state index contributed by atoms with van der Waals surface area (Å²) in [6, 6.07) is 6.84. The predicted octanol–water partition coefficient (Wildman–Crippen LogP) is 2.92. The summed E-state index contributed by atoms with van der Waals surface area (Å²) in [6.45, 7) is 3.40. The maximum absolute atomic E-state index is 12.0. The number of amides is 1. The zero-order valence-corrected chi connectivity index (χ0v) is 12.1.